The fourth-order valence-corrected chi connectivity index (χ4v) is 1.38. The summed E-state index contributed by atoms with van der Waals surface area (Å²) in [5, 5.41) is 3.04. The largest absolute Gasteiger partial charge is 0.278 e. The van der Waals surface area contributed by atoms with E-state index in [0.29, 0.717) is 4.77 Å². The van der Waals surface area contributed by atoms with Gasteiger partial charge in [0, 0.05) is 13.2 Å². The van der Waals surface area contributed by atoms with Crippen LogP contribution < -0.4 is 0 Å². The maximum atomic E-state index is 5.01. The highest BCUT2D eigenvalue weighted by atomic mass is 32.1. The van der Waals surface area contributed by atoms with Gasteiger partial charge in [-0.2, -0.15) is 4.98 Å². The molecule has 0 fully saturated rings. The van der Waals surface area contributed by atoms with E-state index in [1.807, 2.05) is 26.1 Å². The quantitative estimate of drug-likeness (QED) is 0.724. The van der Waals surface area contributed by atoms with E-state index in [0.717, 1.165) is 17.1 Å². The maximum Gasteiger partial charge on any atom is 0.216 e. The first-order chi connectivity index (χ1) is 6.68. The molecule has 2 aromatic heterocycles. The van der Waals surface area contributed by atoms with Gasteiger partial charge < -0.3 is 0 Å². The number of aromatic nitrogens is 4. The Balaban J connectivity index is 2.60. The summed E-state index contributed by atoms with van der Waals surface area (Å²) in [7, 11) is 1.83. The van der Waals surface area contributed by atoms with Crippen LogP contribution in [-0.4, -0.2) is 19.7 Å². The van der Waals surface area contributed by atoms with E-state index < -0.39 is 0 Å². The van der Waals surface area contributed by atoms with Crippen molar-refractivity contribution in [3.05, 3.63) is 28.7 Å². The number of aryl methyl sites for hydroxylation is 2. The molecule has 0 aliphatic carbocycles. The standard InChI is InChI=1S/C9H10N4S/c1-6-4-3-5-10-7(6)8-11-9(14)13(2)12-8/h3-5H,1-2H3,(H,11,12,14). The molecule has 0 aliphatic heterocycles. The van der Waals surface area contributed by atoms with Gasteiger partial charge in [-0.05, 0) is 30.8 Å². The third-order valence-corrected chi connectivity index (χ3v) is 2.37. The average molecular weight is 206 g/mol. The highest BCUT2D eigenvalue weighted by molar-refractivity contribution is 7.71. The average Bonchev–Trinajstić information content (AvgIpc) is 2.48. The Kier molecular flexibility index (Phi) is 2.17. The summed E-state index contributed by atoms with van der Waals surface area (Å²) in [4.78, 5) is 8.45. The number of hydrogen-bond acceptors (Lipinski definition) is 3. The minimum atomic E-state index is 0.532. The summed E-state index contributed by atoms with van der Waals surface area (Å²) in [6, 6.07) is 3.89. The summed E-state index contributed by atoms with van der Waals surface area (Å²) in [6.45, 7) is 1.99. The smallest absolute Gasteiger partial charge is 0.216 e. The second-order valence-electron chi connectivity index (χ2n) is 3.08. The molecule has 0 aromatic carbocycles. The normalized spacial score (nSPS) is 10.4. The van der Waals surface area contributed by atoms with E-state index in [1.54, 1.807) is 10.9 Å². The lowest BCUT2D eigenvalue weighted by atomic mass is 10.2. The predicted octanol–water partition coefficient (Wildman–Crippen LogP) is 1.85. The summed E-state index contributed by atoms with van der Waals surface area (Å²) in [5.41, 5.74) is 1.93. The molecule has 0 atom stereocenters. The van der Waals surface area contributed by atoms with E-state index in [4.69, 9.17) is 12.2 Å². The van der Waals surface area contributed by atoms with Gasteiger partial charge in [0.25, 0.3) is 0 Å². The SMILES string of the molecule is Cc1cccnc1-c1nc(=S)n(C)[nH]1. The summed E-state index contributed by atoms with van der Waals surface area (Å²) in [6.07, 6.45) is 1.74. The van der Waals surface area contributed by atoms with Crippen LogP contribution in [0.3, 0.4) is 0 Å². The van der Waals surface area contributed by atoms with Crippen molar-refractivity contribution in [3.63, 3.8) is 0 Å². The lowest BCUT2D eigenvalue weighted by Crippen LogP contribution is -1.92. The molecule has 0 saturated heterocycles. The van der Waals surface area contributed by atoms with E-state index in [-0.39, 0.29) is 0 Å². The Hall–Kier alpha value is -1.49. The molecule has 0 saturated carbocycles. The lowest BCUT2D eigenvalue weighted by molar-refractivity contribution is 0.755. The number of aromatic amines is 1. The number of nitrogens with zero attached hydrogens (tertiary/aromatic N) is 3. The minimum Gasteiger partial charge on any atom is -0.278 e. The Labute approximate surface area is 86.6 Å². The molecule has 14 heavy (non-hydrogen) atoms. The first kappa shape index (κ1) is 9.08. The molecule has 5 heteroatoms. The second-order valence-corrected chi connectivity index (χ2v) is 3.45. The fourth-order valence-electron chi connectivity index (χ4n) is 1.24. The zero-order chi connectivity index (χ0) is 10.1. The number of pyridine rings is 1. The molecular formula is C9H10N4S. The Morgan fingerprint density at radius 1 is 1.50 bits per heavy atom. The fraction of sp³-hybridized carbons (Fsp3) is 0.222. The first-order valence-electron chi connectivity index (χ1n) is 4.23. The van der Waals surface area contributed by atoms with Gasteiger partial charge in [-0.3, -0.25) is 14.8 Å². The van der Waals surface area contributed by atoms with E-state index in [1.165, 1.54) is 0 Å². The molecule has 0 aliphatic rings. The summed E-state index contributed by atoms with van der Waals surface area (Å²) in [5.74, 6) is 0.718. The van der Waals surface area contributed by atoms with Crippen LogP contribution in [0.25, 0.3) is 11.5 Å². The molecule has 72 valence electrons. The van der Waals surface area contributed by atoms with Gasteiger partial charge in [0.05, 0.1) is 0 Å². The summed E-state index contributed by atoms with van der Waals surface area (Å²) < 4.78 is 2.23. The highest BCUT2D eigenvalue weighted by Gasteiger charge is 2.06. The molecule has 0 radical (unpaired) electrons. The zero-order valence-corrected chi connectivity index (χ0v) is 8.80. The van der Waals surface area contributed by atoms with Crippen molar-refractivity contribution in [2.75, 3.05) is 0 Å². The van der Waals surface area contributed by atoms with Crippen LogP contribution in [-0.2, 0) is 7.05 Å². The van der Waals surface area contributed by atoms with Gasteiger partial charge in [-0.15, -0.1) is 0 Å². The third kappa shape index (κ3) is 1.46. The van der Waals surface area contributed by atoms with Crippen molar-refractivity contribution in [2.24, 2.45) is 7.05 Å². The minimum absolute atomic E-state index is 0.532. The van der Waals surface area contributed by atoms with E-state index >= 15 is 0 Å². The van der Waals surface area contributed by atoms with E-state index in [2.05, 4.69) is 15.1 Å². The van der Waals surface area contributed by atoms with Crippen LogP contribution in [0.2, 0.25) is 0 Å². The number of rotatable bonds is 1. The van der Waals surface area contributed by atoms with Crippen LogP contribution in [0.4, 0.5) is 0 Å². The summed E-state index contributed by atoms with van der Waals surface area (Å²) >= 11 is 5.01. The van der Waals surface area contributed by atoms with Crippen LogP contribution in [0.15, 0.2) is 18.3 Å². The van der Waals surface area contributed by atoms with Crippen molar-refractivity contribution >= 4 is 12.2 Å². The van der Waals surface area contributed by atoms with Crippen molar-refractivity contribution < 1.29 is 0 Å². The Bertz CT molecular complexity index is 512. The molecule has 2 aromatic rings. The van der Waals surface area contributed by atoms with Crippen LogP contribution in [0.5, 0.6) is 0 Å². The van der Waals surface area contributed by atoms with Gasteiger partial charge in [0.15, 0.2) is 5.82 Å². The molecule has 0 unspecified atom stereocenters. The number of H-pyrrole nitrogens is 1. The molecule has 0 amide bonds. The van der Waals surface area contributed by atoms with Gasteiger partial charge in [0.2, 0.25) is 4.77 Å². The van der Waals surface area contributed by atoms with Crippen LogP contribution in [0.1, 0.15) is 5.56 Å². The van der Waals surface area contributed by atoms with Crippen molar-refractivity contribution in [1.29, 1.82) is 0 Å². The number of nitrogens with one attached hydrogen (secondary N) is 1. The molecule has 2 heterocycles. The lowest BCUT2D eigenvalue weighted by Gasteiger charge is -1.98. The molecule has 1 N–H and O–H groups in total. The first-order valence-corrected chi connectivity index (χ1v) is 4.64. The van der Waals surface area contributed by atoms with Gasteiger partial charge in [-0.25, -0.2) is 0 Å². The monoisotopic (exact) mass is 206 g/mol. The Morgan fingerprint density at radius 2 is 2.29 bits per heavy atom. The third-order valence-electron chi connectivity index (χ3n) is 2.00. The molecule has 4 nitrogen and oxygen atoms in total. The zero-order valence-electron chi connectivity index (χ0n) is 7.98. The van der Waals surface area contributed by atoms with Crippen LogP contribution in [0, 0.1) is 11.7 Å². The van der Waals surface area contributed by atoms with Crippen LogP contribution >= 0.6 is 12.2 Å². The topological polar surface area (TPSA) is 46.5 Å². The van der Waals surface area contributed by atoms with E-state index in [9.17, 15) is 0 Å². The molecule has 0 bridgehead atoms. The van der Waals surface area contributed by atoms with Gasteiger partial charge in [-0.1, -0.05) is 6.07 Å². The predicted molar refractivity (Wildman–Crippen MR) is 56.4 cm³/mol. The van der Waals surface area contributed by atoms with Gasteiger partial charge >= 0.3 is 0 Å². The highest BCUT2D eigenvalue weighted by Crippen LogP contribution is 2.15. The Morgan fingerprint density at radius 3 is 2.86 bits per heavy atom. The molecule has 0 spiro atoms. The number of hydrogen-bond donors (Lipinski definition) is 1. The van der Waals surface area contributed by atoms with Gasteiger partial charge in [0.1, 0.15) is 5.69 Å². The molecule has 2 rings (SSSR count). The molecular weight excluding hydrogens is 196 g/mol. The van der Waals surface area contributed by atoms with Crippen molar-refractivity contribution in [3.8, 4) is 11.5 Å². The maximum absolute atomic E-state index is 5.01. The second kappa shape index (κ2) is 3.34. The van der Waals surface area contributed by atoms with Crippen molar-refractivity contribution in [2.45, 2.75) is 6.92 Å². The van der Waals surface area contributed by atoms with Crippen molar-refractivity contribution in [1.82, 2.24) is 19.7 Å².